The summed E-state index contributed by atoms with van der Waals surface area (Å²) in [6.07, 6.45) is 2.37. The lowest BCUT2D eigenvalue weighted by Crippen LogP contribution is -2.27. The summed E-state index contributed by atoms with van der Waals surface area (Å²) >= 11 is 6.26. The van der Waals surface area contributed by atoms with E-state index >= 15 is 0 Å². The van der Waals surface area contributed by atoms with E-state index < -0.39 is 0 Å². The van der Waals surface area contributed by atoms with Crippen LogP contribution in [0, 0.1) is 6.92 Å². The van der Waals surface area contributed by atoms with Crippen LogP contribution >= 0.6 is 11.6 Å². The third-order valence-corrected chi connectivity index (χ3v) is 4.42. The molecule has 0 bridgehead atoms. The summed E-state index contributed by atoms with van der Waals surface area (Å²) in [5.41, 5.74) is 2.28. The van der Waals surface area contributed by atoms with E-state index in [2.05, 4.69) is 5.10 Å². The van der Waals surface area contributed by atoms with Crippen LogP contribution in [0.3, 0.4) is 0 Å². The molecule has 1 aliphatic carbocycles. The summed E-state index contributed by atoms with van der Waals surface area (Å²) in [6.45, 7) is 2.30. The number of aryl methyl sites for hydroxylation is 2. The highest BCUT2D eigenvalue weighted by molar-refractivity contribution is 6.30. The van der Waals surface area contributed by atoms with Crippen LogP contribution in [0.4, 0.5) is 0 Å². The molecule has 0 saturated heterocycles. The van der Waals surface area contributed by atoms with E-state index in [0.717, 1.165) is 24.1 Å². The van der Waals surface area contributed by atoms with Gasteiger partial charge in [-0.25, -0.2) is 0 Å². The van der Waals surface area contributed by atoms with E-state index in [0.29, 0.717) is 23.0 Å². The van der Waals surface area contributed by atoms with Crippen LogP contribution in [0.5, 0.6) is 5.75 Å². The van der Waals surface area contributed by atoms with Gasteiger partial charge in [0.25, 0.3) is 5.91 Å². The standard InChI is InChI=1S/C17H20ClN3O2/c1-11-14(16(18)21(3)19-11)10-20(2)17(22)13-6-4-5-7-15(13)23-12-8-9-12/h4-7,12H,8-10H2,1-3H3. The molecule has 1 aromatic carbocycles. The third kappa shape index (κ3) is 3.34. The number of ether oxygens (including phenoxy) is 1. The number of carbonyl (C=O) groups excluding carboxylic acids is 1. The van der Waals surface area contributed by atoms with Crippen LogP contribution in [-0.2, 0) is 13.6 Å². The lowest BCUT2D eigenvalue weighted by atomic mass is 10.1. The quantitative estimate of drug-likeness (QED) is 0.844. The minimum atomic E-state index is -0.0828. The van der Waals surface area contributed by atoms with Gasteiger partial charge in [0.1, 0.15) is 10.9 Å². The Labute approximate surface area is 140 Å². The van der Waals surface area contributed by atoms with Gasteiger partial charge in [-0.15, -0.1) is 0 Å². The van der Waals surface area contributed by atoms with E-state index in [9.17, 15) is 4.79 Å². The second-order valence-corrected chi connectivity index (χ2v) is 6.31. The molecule has 3 rings (SSSR count). The Morgan fingerprint density at radius 1 is 1.43 bits per heavy atom. The minimum Gasteiger partial charge on any atom is -0.490 e. The zero-order valence-electron chi connectivity index (χ0n) is 13.5. The fraction of sp³-hybridized carbons (Fsp3) is 0.412. The predicted octanol–water partition coefficient (Wildman–Crippen LogP) is 3.20. The monoisotopic (exact) mass is 333 g/mol. The molecule has 0 aliphatic heterocycles. The van der Waals surface area contributed by atoms with Crippen molar-refractivity contribution in [1.82, 2.24) is 14.7 Å². The van der Waals surface area contributed by atoms with Crippen molar-refractivity contribution in [3.8, 4) is 5.75 Å². The van der Waals surface area contributed by atoms with Gasteiger partial charge in [-0.2, -0.15) is 5.10 Å². The minimum absolute atomic E-state index is 0.0828. The number of nitrogens with zero attached hydrogens (tertiary/aromatic N) is 3. The zero-order chi connectivity index (χ0) is 16.6. The molecule has 2 aromatic rings. The van der Waals surface area contributed by atoms with Gasteiger partial charge in [0, 0.05) is 19.7 Å². The van der Waals surface area contributed by atoms with Crippen molar-refractivity contribution in [2.45, 2.75) is 32.4 Å². The first kappa shape index (κ1) is 15.9. The van der Waals surface area contributed by atoms with Crippen LogP contribution in [0.25, 0.3) is 0 Å². The number of halogens is 1. The van der Waals surface area contributed by atoms with Gasteiger partial charge in [0.2, 0.25) is 0 Å². The molecule has 23 heavy (non-hydrogen) atoms. The largest absolute Gasteiger partial charge is 0.490 e. The fourth-order valence-electron chi connectivity index (χ4n) is 2.48. The average Bonchev–Trinajstić information content (AvgIpc) is 3.31. The number of hydrogen-bond donors (Lipinski definition) is 0. The molecule has 1 amide bonds. The third-order valence-electron chi connectivity index (χ3n) is 3.95. The Hall–Kier alpha value is -2.01. The average molecular weight is 334 g/mol. The number of benzene rings is 1. The maximum absolute atomic E-state index is 12.8. The van der Waals surface area contributed by atoms with Crippen LogP contribution in [0.15, 0.2) is 24.3 Å². The molecule has 1 aromatic heterocycles. The van der Waals surface area contributed by atoms with Crippen molar-refractivity contribution in [2.75, 3.05) is 7.05 Å². The molecule has 1 saturated carbocycles. The Balaban J connectivity index is 1.79. The normalized spacial score (nSPS) is 13.9. The molecule has 1 fully saturated rings. The van der Waals surface area contributed by atoms with E-state index in [1.807, 2.05) is 25.1 Å². The van der Waals surface area contributed by atoms with E-state index in [1.165, 1.54) is 0 Å². The van der Waals surface area contributed by atoms with Gasteiger partial charge in [0.05, 0.1) is 23.9 Å². The fourth-order valence-corrected chi connectivity index (χ4v) is 2.71. The summed E-state index contributed by atoms with van der Waals surface area (Å²) in [5.74, 6) is 0.571. The maximum atomic E-state index is 12.8. The van der Waals surface area contributed by atoms with Gasteiger partial charge >= 0.3 is 0 Å². The molecule has 0 unspecified atom stereocenters. The topological polar surface area (TPSA) is 47.4 Å². The predicted molar refractivity (Wildman–Crippen MR) is 88.8 cm³/mol. The Bertz CT molecular complexity index is 737. The first-order valence-electron chi connectivity index (χ1n) is 7.66. The van der Waals surface area contributed by atoms with Gasteiger partial charge in [-0.05, 0) is 31.9 Å². The Morgan fingerprint density at radius 3 is 2.74 bits per heavy atom. The lowest BCUT2D eigenvalue weighted by Gasteiger charge is -2.19. The summed E-state index contributed by atoms with van der Waals surface area (Å²) < 4.78 is 7.46. The highest BCUT2D eigenvalue weighted by Crippen LogP contribution is 2.30. The van der Waals surface area contributed by atoms with Crippen molar-refractivity contribution in [2.24, 2.45) is 7.05 Å². The first-order valence-corrected chi connectivity index (χ1v) is 8.04. The molecule has 122 valence electrons. The molecule has 1 heterocycles. The summed E-state index contributed by atoms with van der Waals surface area (Å²) in [6, 6.07) is 7.38. The van der Waals surface area contributed by atoms with Crippen LogP contribution < -0.4 is 4.74 Å². The number of aromatic nitrogens is 2. The van der Waals surface area contributed by atoms with Gasteiger partial charge in [-0.1, -0.05) is 23.7 Å². The molecule has 1 aliphatic rings. The molecule has 0 N–H and O–H groups in total. The first-order chi connectivity index (χ1) is 11.0. The van der Waals surface area contributed by atoms with E-state index in [-0.39, 0.29) is 12.0 Å². The maximum Gasteiger partial charge on any atom is 0.257 e. The Morgan fingerprint density at radius 2 is 2.13 bits per heavy atom. The van der Waals surface area contributed by atoms with Crippen molar-refractivity contribution in [3.05, 3.63) is 46.2 Å². The molecule has 6 heteroatoms. The van der Waals surface area contributed by atoms with Crippen molar-refractivity contribution in [3.63, 3.8) is 0 Å². The number of rotatable bonds is 5. The highest BCUT2D eigenvalue weighted by Gasteiger charge is 2.26. The van der Waals surface area contributed by atoms with E-state index in [4.69, 9.17) is 16.3 Å². The van der Waals surface area contributed by atoms with Crippen LogP contribution in [-0.4, -0.2) is 33.7 Å². The number of carbonyl (C=O) groups is 1. The Kier molecular flexibility index (Phi) is 4.31. The smallest absolute Gasteiger partial charge is 0.257 e. The van der Waals surface area contributed by atoms with Gasteiger partial charge in [-0.3, -0.25) is 9.48 Å². The summed E-state index contributed by atoms with van der Waals surface area (Å²) in [5, 5.41) is 4.84. The lowest BCUT2D eigenvalue weighted by molar-refractivity contribution is 0.0780. The second kappa shape index (κ2) is 6.24. The summed E-state index contributed by atoms with van der Waals surface area (Å²) in [4.78, 5) is 14.4. The van der Waals surface area contributed by atoms with Gasteiger partial charge in [0.15, 0.2) is 0 Å². The molecule has 0 spiro atoms. The molecule has 0 atom stereocenters. The molecule has 0 radical (unpaired) electrons. The van der Waals surface area contributed by atoms with Crippen molar-refractivity contribution < 1.29 is 9.53 Å². The van der Waals surface area contributed by atoms with Crippen LogP contribution in [0.1, 0.15) is 34.5 Å². The number of para-hydroxylation sites is 1. The molecular formula is C17H20ClN3O2. The molecular weight excluding hydrogens is 314 g/mol. The SMILES string of the molecule is Cc1nn(C)c(Cl)c1CN(C)C(=O)c1ccccc1OC1CC1. The van der Waals surface area contributed by atoms with Gasteiger partial charge < -0.3 is 9.64 Å². The van der Waals surface area contributed by atoms with Crippen LogP contribution in [0.2, 0.25) is 5.15 Å². The summed E-state index contributed by atoms with van der Waals surface area (Å²) in [7, 11) is 3.55. The second-order valence-electron chi connectivity index (χ2n) is 5.95. The number of hydrogen-bond acceptors (Lipinski definition) is 3. The number of amides is 1. The van der Waals surface area contributed by atoms with Crippen molar-refractivity contribution in [1.29, 1.82) is 0 Å². The zero-order valence-corrected chi connectivity index (χ0v) is 14.3. The molecule has 5 nitrogen and oxygen atoms in total. The van der Waals surface area contributed by atoms with Crippen molar-refractivity contribution >= 4 is 17.5 Å². The van der Waals surface area contributed by atoms with E-state index in [1.54, 1.807) is 29.7 Å². The highest BCUT2D eigenvalue weighted by atomic mass is 35.5.